The van der Waals surface area contributed by atoms with Gasteiger partial charge in [-0.2, -0.15) is 5.10 Å². The Hall–Kier alpha value is -4.44. The van der Waals surface area contributed by atoms with Gasteiger partial charge in [-0.25, -0.2) is 14.4 Å². The van der Waals surface area contributed by atoms with Crippen LogP contribution in [-0.2, 0) is 4.79 Å². The van der Waals surface area contributed by atoms with Crippen LogP contribution in [0.15, 0.2) is 60.4 Å². The normalized spacial score (nSPS) is 11.4. The summed E-state index contributed by atoms with van der Waals surface area (Å²) in [6, 6.07) is 10.9. The lowest BCUT2D eigenvalue weighted by molar-refractivity contribution is -0.116. The number of thiophene rings is 1. The van der Waals surface area contributed by atoms with E-state index in [9.17, 15) is 4.79 Å². The van der Waals surface area contributed by atoms with E-state index in [4.69, 9.17) is 0 Å². The molecule has 5 aromatic heterocycles. The molecule has 0 fully saturated rings. The second-order valence-electron chi connectivity index (χ2n) is 8.68. The Kier molecular flexibility index (Phi) is 5.93. The molecule has 10 heteroatoms. The van der Waals surface area contributed by atoms with Crippen LogP contribution >= 0.6 is 11.3 Å². The van der Waals surface area contributed by atoms with Gasteiger partial charge in [0.15, 0.2) is 11.5 Å². The van der Waals surface area contributed by atoms with Crippen LogP contribution in [0.25, 0.3) is 55.2 Å². The van der Waals surface area contributed by atoms with Gasteiger partial charge in [0.05, 0.1) is 22.9 Å². The molecule has 6 aromatic rings. The summed E-state index contributed by atoms with van der Waals surface area (Å²) in [4.78, 5) is 29.9. The molecular formula is C27H22FN7OS. The number of unbranched alkanes of at least 4 members (excludes halogenated alkanes) is 1. The second-order valence-corrected chi connectivity index (χ2v) is 9.63. The van der Waals surface area contributed by atoms with Gasteiger partial charge in [0.2, 0.25) is 5.91 Å². The summed E-state index contributed by atoms with van der Waals surface area (Å²) >= 11 is 1.64. The molecule has 0 radical (unpaired) electrons. The first-order valence-corrected chi connectivity index (χ1v) is 12.8. The van der Waals surface area contributed by atoms with Crippen LogP contribution in [0, 0.1) is 5.82 Å². The number of halogens is 1. The summed E-state index contributed by atoms with van der Waals surface area (Å²) in [5, 5.41) is 12.9. The van der Waals surface area contributed by atoms with Crippen LogP contribution in [0.1, 0.15) is 26.2 Å². The van der Waals surface area contributed by atoms with Crippen LogP contribution in [-0.4, -0.2) is 36.0 Å². The van der Waals surface area contributed by atoms with Gasteiger partial charge in [0.25, 0.3) is 0 Å². The van der Waals surface area contributed by atoms with Crippen molar-refractivity contribution in [2.75, 3.05) is 5.32 Å². The highest BCUT2D eigenvalue weighted by Gasteiger charge is 2.18. The summed E-state index contributed by atoms with van der Waals surface area (Å²) in [7, 11) is 0. The molecule has 0 bridgehead atoms. The molecule has 0 aliphatic heterocycles. The van der Waals surface area contributed by atoms with Crippen molar-refractivity contribution in [1.29, 1.82) is 0 Å². The van der Waals surface area contributed by atoms with E-state index in [1.54, 1.807) is 42.1 Å². The first kappa shape index (κ1) is 23.0. The molecule has 6 rings (SSSR count). The Labute approximate surface area is 215 Å². The van der Waals surface area contributed by atoms with Gasteiger partial charge in [-0.05, 0) is 36.1 Å². The molecule has 0 spiro atoms. The predicted molar refractivity (Wildman–Crippen MR) is 144 cm³/mol. The number of rotatable bonds is 7. The molecule has 1 amide bonds. The molecule has 184 valence electrons. The van der Waals surface area contributed by atoms with E-state index in [0.29, 0.717) is 51.3 Å². The largest absolute Gasteiger partial charge is 0.335 e. The van der Waals surface area contributed by atoms with Crippen LogP contribution in [0.4, 0.5) is 10.1 Å². The first-order valence-electron chi connectivity index (χ1n) is 11.9. The monoisotopic (exact) mass is 511 g/mol. The number of nitrogens with one attached hydrogen (secondary N) is 3. The van der Waals surface area contributed by atoms with E-state index in [1.165, 1.54) is 6.07 Å². The van der Waals surface area contributed by atoms with Crippen LogP contribution in [0.2, 0.25) is 0 Å². The molecule has 37 heavy (non-hydrogen) atoms. The number of carbonyl (C=O) groups is 1. The fourth-order valence-corrected chi connectivity index (χ4v) is 5.07. The lowest BCUT2D eigenvalue weighted by Gasteiger charge is -2.08. The van der Waals surface area contributed by atoms with Crippen molar-refractivity contribution in [1.82, 2.24) is 30.1 Å². The van der Waals surface area contributed by atoms with E-state index in [0.717, 1.165) is 28.8 Å². The smallest absolute Gasteiger partial charge is 0.224 e. The van der Waals surface area contributed by atoms with Gasteiger partial charge in [-0.1, -0.05) is 19.4 Å². The number of aromatic nitrogens is 6. The van der Waals surface area contributed by atoms with Crippen molar-refractivity contribution in [2.24, 2.45) is 0 Å². The van der Waals surface area contributed by atoms with E-state index in [2.05, 4.69) is 35.5 Å². The maximum Gasteiger partial charge on any atom is 0.224 e. The third-order valence-electron chi connectivity index (χ3n) is 6.14. The average Bonchev–Trinajstić information content (AvgIpc) is 3.66. The number of benzene rings is 1. The van der Waals surface area contributed by atoms with Gasteiger partial charge >= 0.3 is 0 Å². The van der Waals surface area contributed by atoms with Gasteiger partial charge < -0.3 is 10.3 Å². The number of carbonyl (C=O) groups excluding carboxylic acids is 1. The molecular weight excluding hydrogens is 489 g/mol. The third-order valence-corrected chi connectivity index (χ3v) is 7.05. The molecule has 0 atom stereocenters. The molecule has 0 saturated carbocycles. The van der Waals surface area contributed by atoms with Gasteiger partial charge in [0.1, 0.15) is 11.5 Å². The molecule has 8 nitrogen and oxygen atoms in total. The Morgan fingerprint density at radius 1 is 1.16 bits per heavy atom. The van der Waals surface area contributed by atoms with Crippen molar-refractivity contribution >= 4 is 45.0 Å². The predicted octanol–water partition coefficient (Wildman–Crippen LogP) is 6.56. The van der Waals surface area contributed by atoms with E-state index in [1.807, 2.05) is 30.5 Å². The van der Waals surface area contributed by atoms with Crippen molar-refractivity contribution in [3.63, 3.8) is 0 Å². The quantitative estimate of drug-likeness (QED) is 0.225. The lowest BCUT2D eigenvalue weighted by Crippen LogP contribution is -2.11. The van der Waals surface area contributed by atoms with E-state index < -0.39 is 5.82 Å². The minimum absolute atomic E-state index is 0.0887. The van der Waals surface area contributed by atoms with Crippen molar-refractivity contribution < 1.29 is 9.18 Å². The summed E-state index contributed by atoms with van der Waals surface area (Å²) < 4.78 is 15.2. The highest BCUT2D eigenvalue weighted by atomic mass is 32.1. The highest BCUT2D eigenvalue weighted by Crippen LogP contribution is 2.35. The summed E-state index contributed by atoms with van der Waals surface area (Å²) in [5.41, 5.74) is 4.92. The van der Waals surface area contributed by atoms with Crippen LogP contribution < -0.4 is 5.32 Å². The van der Waals surface area contributed by atoms with Crippen LogP contribution in [0.3, 0.4) is 0 Å². The molecule has 1 aromatic carbocycles. The van der Waals surface area contributed by atoms with Crippen molar-refractivity contribution in [3.05, 3.63) is 66.2 Å². The Balaban J connectivity index is 1.40. The summed E-state index contributed by atoms with van der Waals surface area (Å²) in [6.07, 6.45) is 7.03. The number of H-pyrrole nitrogens is 2. The standard InChI is InChI=1S/C27H22FN7OS/c1-2-3-6-23(36)31-16-10-15(13-29-14-16)18-11-19-21(12-20(18)28)34-35-25(19)27-32-24-17(22-5-4-9-37-22)7-8-30-26(24)33-27/h4-5,7-14H,2-3,6H2,1H3,(H,31,36)(H,34,35)(H,30,32,33). The van der Waals surface area contributed by atoms with E-state index >= 15 is 4.39 Å². The zero-order chi connectivity index (χ0) is 25.4. The van der Waals surface area contributed by atoms with Gasteiger partial charge in [-0.15, -0.1) is 11.3 Å². The number of anilines is 1. The minimum Gasteiger partial charge on any atom is -0.335 e. The number of aromatic amines is 2. The van der Waals surface area contributed by atoms with Gasteiger partial charge in [-0.3, -0.25) is 14.9 Å². The molecule has 5 heterocycles. The number of amides is 1. The number of hydrogen-bond donors (Lipinski definition) is 3. The Morgan fingerprint density at radius 3 is 2.92 bits per heavy atom. The number of hydrogen-bond acceptors (Lipinski definition) is 6. The molecule has 3 N–H and O–H groups in total. The number of imidazole rings is 1. The van der Waals surface area contributed by atoms with Crippen molar-refractivity contribution in [3.8, 4) is 33.1 Å². The third kappa shape index (κ3) is 4.36. The first-order chi connectivity index (χ1) is 18.1. The Bertz CT molecular complexity index is 1740. The lowest BCUT2D eigenvalue weighted by atomic mass is 10.0. The number of fused-ring (bicyclic) bond motifs is 2. The number of pyridine rings is 2. The van der Waals surface area contributed by atoms with Gasteiger partial charge in [0, 0.05) is 51.8 Å². The van der Waals surface area contributed by atoms with Crippen molar-refractivity contribution in [2.45, 2.75) is 26.2 Å². The average molecular weight is 512 g/mol. The molecule has 0 unspecified atom stereocenters. The highest BCUT2D eigenvalue weighted by molar-refractivity contribution is 7.13. The molecule has 0 aliphatic carbocycles. The maximum absolute atomic E-state index is 15.2. The van der Waals surface area contributed by atoms with E-state index in [-0.39, 0.29) is 5.91 Å². The number of nitrogens with zero attached hydrogens (tertiary/aromatic N) is 4. The Morgan fingerprint density at radius 2 is 2.08 bits per heavy atom. The fraction of sp³-hybridized carbons (Fsp3) is 0.148. The fourth-order valence-electron chi connectivity index (χ4n) is 4.32. The summed E-state index contributed by atoms with van der Waals surface area (Å²) in [5.74, 6) is 0.0184. The molecule has 0 saturated heterocycles. The topological polar surface area (TPSA) is 112 Å². The zero-order valence-corrected chi connectivity index (χ0v) is 20.7. The molecule has 0 aliphatic rings. The summed E-state index contributed by atoms with van der Waals surface area (Å²) in [6.45, 7) is 2.03. The second kappa shape index (κ2) is 9.55. The minimum atomic E-state index is -0.426. The zero-order valence-electron chi connectivity index (χ0n) is 19.9. The maximum atomic E-state index is 15.2. The van der Waals surface area contributed by atoms with Crippen LogP contribution in [0.5, 0.6) is 0 Å². The SMILES string of the molecule is CCCCC(=O)Nc1cncc(-c2cc3c(-c4nc5nccc(-c6cccs6)c5[nH]4)n[nH]c3cc2F)c1.